The third-order valence-electron chi connectivity index (χ3n) is 4.47. The molecule has 3 rings (SSSR count). The monoisotopic (exact) mass is 331 g/mol. The number of hydrogen-bond acceptors (Lipinski definition) is 5. The van der Waals surface area contributed by atoms with Crippen LogP contribution in [-0.4, -0.2) is 44.5 Å². The molecule has 1 fully saturated rings. The number of benzene rings is 1. The minimum Gasteiger partial charge on any atom is -0.493 e. The van der Waals surface area contributed by atoms with Gasteiger partial charge in [-0.3, -0.25) is 4.79 Å². The van der Waals surface area contributed by atoms with Gasteiger partial charge in [0.15, 0.2) is 0 Å². The molecule has 130 valence electrons. The van der Waals surface area contributed by atoms with Crippen LogP contribution in [0.2, 0.25) is 0 Å². The summed E-state index contributed by atoms with van der Waals surface area (Å²) in [5.74, 6) is 1.16. The van der Waals surface area contributed by atoms with Crippen molar-refractivity contribution < 1.29 is 14.3 Å². The molecule has 2 aliphatic rings. The summed E-state index contributed by atoms with van der Waals surface area (Å²) in [7, 11) is 0. The van der Waals surface area contributed by atoms with Gasteiger partial charge in [0.1, 0.15) is 5.75 Å². The van der Waals surface area contributed by atoms with E-state index in [0.717, 1.165) is 18.6 Å². The van der Waals surface area contributed by atoms with Crippen LogP contribution in [0.3, 0.4) is 0 Å². The van der Waals surface area contributed by atoms with E-state index in [2.05, 4.69) is 34.9 Å². The second kappa shape index (κ2) is 8.15. The molecule has 1 amide bonds. The van der Waals surface area contributed by atoms with Crippen molar-refractivity contribution in [3.05, 3.63) is 29.8 Å². The van der Waals surface area contributed by atoms with Crippen LogP contribution in [-0.2, 0) is 9.53 Å². The molecule has 2 N–H and O–H groups in total. The van der Waals surface area contributed by atoms with E-state index in [4.69, 9.17) is 9.47 Å². The van der Waals surface area contributed by atoms with E-state index in [1.54, 1.807) is 6.21 Å². The van der Waals surface area contributed by atoms with E-state index in [9.17, 15) is 4.79 Å². The summed E-state index contributed by atoms with van der Waals surface area (Å²) >= 11 is 0. The highest BCUT2D eigenvalue weighted by molar-refractivity contribution is 5.94. The van der Waals surface area contributed by atoms with Crippen molar-refractivity contribution in [1.29, 1.82) is 0 Å². The SMILES string of the molecule is Cc1ccc(OC[C@@H]2CC[C@H](CNC(=O)C3C=NNC3)OC2)cc1. The molecular formula is C18H25N3O3. The lowest BCUT2D eigenvalue weighted by Gasteiger charge is -2.29. The molecule has 0 bridgehead atoms. The van der Waals surface area contributed by atoms with Crippen LogP contribution in [0.1, 0.15) is 18.4 Å². The van der Waals surface area contributed by atoms with Crippen molar-refractivity contribution in [2.24, 2.45) is 16.9 Å². The smallest absolute Gasteiger partial charge is 0.230 e. The number of ether oxygens (including phenoxy) is 2. The first-order valence-electron chi connectivity index (χ1n) is 8.55. The van der Waals surface area contributed by atoms with E-state index in [-0.39, 0.29) is 17.9 Å². The first-order chi connectivity index (χ1) is 11.7. The topological polar surface area (TPSA) is 72.0 Å². The zero-order valence-corrected chi connectivity index (χ0v) is 14.0. The van der Waals surface area contributed by atoms with Crippen LogP contribution in [0, 0.1) is 18.8 Å². The molecule has 2 aliphatic heterocycles. The highest BCUT2D eigenvalue weighted by Gasteiger charge is 2.24. The Kier molecular flexibility index (Phi) is 5.69. The van der Waals surface area contributed by atoms with Crippen molar-refractivity contribution in [3.63, 3.8) is 0 Å². The Morgan fingerprint density at radius 2 is 2.21 bits per heavy atom. The number of carbonyl (C=O) groups excluding carboxylic acids is 1. The van der Waals surface area contributed by atoms with Gasteiger partial charge in [0.2, 0.25) is 5.91 Å². The molecule has 1 unspecified atom stereocenters. The Morgan fingerprint density at radius 3 is 2.88 bits per heavy atom. The Morgan fingerprint density at radius 1 is 1.38 bits per heavy atom. The first-order valence-corrected chi connectivity index (χ1v) is 8.55. The number of carbonyl (C=O) groups is 1. The molecule has 0 aromatic heterocycles. The van der Waals surface area contributed by atoms with Crippen molar-refractivity contribution in [2.75, 3.05) is 26.3 Å². The van der Waals surface area contributed by atoms with Gasteiger partial charge in [0.25, 0.3) is 0 Å². The van der Waals surface area contributed by atoms with E-state index in [1.807, 2.05) is 12.1 Å². The van der Waals surface area contributed by atoms with Gasteiger partial charge in [-0.1, -0.05) is 17.7 Å². The van der Waals surface area contributed by atoms with Crippen LogP contribution >= 0.6 is 0 Å². The van der Waals surface area contributed by atoms with Gasteiger partial charge in [0.05, 0.1) is 25.2 Å². The summed E-state index contributed by atoms with van der Waals surface area (Å²) in [5, 5.41) is 6.81. The maximum absolute atomic E-state index is 11.9. The lowest BCUT2D eigenvalue weighted by molar-refractivity contribution is -0.123. The average molecular weight is 331 g/mol. The third kappa shape index (κ3) is 4.71. The van der Waals surface area contributed by atoms with Gasteiger partial charge in [-0.15, -0.1) is 0 Å². The fourth-order valence-electron chi connectivity index (χ4n) is 2.85. The van der Waals surface area contributed by atoms with Crippen LogP contribution in [0.15, 0.2) is 29.4 Å². The molecule has 1 aromatic rings. The van der Waals surface area contributed by atoms with E-state index in [0.29, 0.717) is 32.2 Å². The van der Waals surface area contributed by atoms with Crippen molar-refractivity contribution in [3.8, 4) is 5.75 Å². The lowest BCUT2D eigenvalue weighted by atomic mass is 9.99. The number of aryl methyl sites for hydroxylation is 1. The molecular weight excluding hydrogens is 306 g/mol. The Hall–Kier alpha value is -2.08. The fourth-order valence-corrected chi connectivity index (χ4v) is 2.85. The molecule has 6 nitrogen and oxygen atoms in total. The predicted octanol–water partition coefficient (Wildman–Crippen LogP) is 1.49. The summed E-state index contributed by atoms with van der Waals surface area (Å²) in [6.07, 6.45) is 3.74. The second-order valence-electron chi connectivity index (χ2n) is 6.51. The zero-order valence-electron chi connectivity index (χ0n) is 14.0. The van der Waals surface area contributed by atoms with Gasteiger partial charge >= 0.3 is 0 Å². The first kappa shape index (κ1) is 16.8. The molecule has 0 radical (unpaired) electrons. The molecule has 0 aliphatic carbocycles. The quantitative estimate of drug-likeness (QED) is 0.828. The number of amides is 1. The number of rotatable bonds is 6. The maximum atomic E-state index is 11.9. The van der Waals surface area contributed by atoms with Crippen molar-refractivity contribution >= 4 is 12.1 Å². The molecule has 1 aromatic carbocycles. The van der Waals surface area contributed by atoms with Gasteiger partial charge in [0, 0.05) is 25.2 Å². The standard InChI is InChI=1S/C18H25N3O3/c1-13-2-5-16(6-3-13)23-11-14-4-7-17(24-12-14)10-19-18(22)15-8-20-21-9-15/h2-3,5-6,8,14-15,17,21H,4,7,9-12H2,1H3,(H,19,22)/t14-,15?,17+/m0/s1. The Bertz CT molecular complexity index is 565. The summed E-state index contributed by atoms with van der Waals surface area (Å²) in [6, 6.07) is 8.10. The lowest BCUT2D eigenvalue weighted by Crippen LogP contribution is -2.41. The van der Waals surface area contributed by atoms with Gasteiger partial charge in [-0.05, 0) is 31.9 Å². The summed E-state index contributed by atoms with van der Waals surface area (Å²) in [5.41, 5.74) is 4.02. The highest BCUT2D eigenvalue weighted by Crippen LogP contribution is 2.20. The average Bonchev–Trinajstić information content (AvgIpc) is 3.15. The molecule has 24 heavy (non-hydrogen) atoms. The molecule has 2 heterocycles. The second-order valence-corrected chi connectivity index (χ2v) is 6.51. The van der Waals surface area contributed by atoms with Gasteiger partial charge < -0.3 is 20.2 Å². The highest BCUT2D eigenvalue weighted by atomic mass is 16.5. The molecule has 1 saturated heterocycles. The zero-order chi connectivity index (χ0) is 16.8. The number of nitrogens with one attached hydrogen (secondary N) is 2. The largest absolute Gasteiger partial charge is 0.493 e. The molecule has 6 heteroatoms. The minimum absolute atomic E-state index is 0.0113. The van der Waals surface area contributed by atoms with E-state index in [1.165, 1.54) is 5.56 Å². The fraction of sp³-hybridized carbons (Fsp3) is 0.556. The summed E-state index contributed by atoms with van der Waals surface area (Å²) < 4.78 is 11.7. The van der Waals surface area contributed by atoms with Crippen LogP contribution in [0.5, 0.6) is 5.75 Å². The Balaban J connectivity index is 1.32. The molecule has 0 spiro atoms. The number of hydrazone groups is 1. The molecule has 3 atom stereocenters. The van der Waals surface area contributed by atoms with E-state index < -0.39 is 0 Å². The number of hydrogen-bond donors (Lipinski definition) is 2. The molecule has 0 saturated carbocycles. The summed E-state index contributed by atoms with van der Waals surface area (Å²) in [4.78, 5) is 11.9. The van der Waals surface area contributed by atoms with Gasteiger partial charge in [-0.25, -0.2) is 0 Å². The predicted molar refractivity (Wildman–Crippen MR) is 92.1 cm³/mol. The van der Waals surface area contributed by atoms with E-state index >= 15 is 0 Å². The summed E-state index contributed by atoms with van der Waals surface area (Å²) in [6.45, 7) is 4.56. The van der Waals surface area contributed by atoms with Crippen LogP contribution < -0.4 is 15.5 Å². The third-order valence-corrected chi connectivity index (χ3v) is 4.47. The maximum Gasteiger partial charge on any atom is 0.230 e. The van der Waals surface area contributed by atoms with Crippen LogP contribution in [0.25, 0.3) is 0 Å². The normalized spacial score (nSPS) is 26.0. The van der Waals surface area contributed by atoms with Crippen molar-refractivity contribution in [1.82, 2.24) is 10.7 Å². The van der Waals surface area contributed by atoms with Crippen LogP contribution in [0.4, 0.5) is 0 Å². The number of nitrogens with zero attached hydrogens (tertiary/aromatic N) is 1. The van der Waals surface area contributed by atoms with Crippen molar-refractivity contribution in [2.45, 2.75) is 25.9 Å². The minimum atomic E-state index is -0.163. The van der Waals surface area contributed by atoms with Gasteiger partial charge in [-0.2, -0.15) is 5.10 Å². The Labute approximate surface area is 142 Å².